The van der Waals surface area contributed by atoms with Crippen LogP contribution in [0.1, 0.15) is 232 Å². The number of aliphatic hydroxyl groups excluding tert-OH is 7. The minimum atomic E-state index is -5.11. The van der Waals surface area contributed by atoms with Gasteiger partial charge in [-0.3, -0.25) is 13.8 Å². The number of nitrogens with one attached hydrogen (secondary N) is 1. The Hall–Kier alpha value is -0.700. The predicted molar refractivity (Wildman–Crippen MR) is 243 cm³/mol. The lowest BCUT2D eigenvalue weighted by Gasteiger charge is -2.41. The van der Waals surface area contributed by atoms with Crippen molar-refractivity contribution in [2.75, 3.05) is 6.61 Å². The fourth-order valence-electron chi connectivity index (χ4n) is 8.36. The molecule has 13 nitrogen and oxygen atoms in total. The van der Waals surface area contributed by atoms with E-state index in [1.165, 1.54) is 141 Å². The summed E-state index contributed by atoms with van der Waals surface area (Å²) in [5.74, 6) is -0.556. The van der Waals surface area contributed by atoms with Gasteiger partial charge in [0.1, 0.15) is 36.6 Å². The highest BCUT2D eigenvalue weighted by molar-refractivity contribution is 7.47. The molecule has 0 bridgehead atoms. The van der Waals surface area contributed by atoms with Gasteiger partial charge in [-0.25, -0.2) is 4.57 Å². The molecule has 8 atom stereocenters. The second-order valence-corrected chi connectivity index (χ2v) is 19.6. The Balaban J connectivity index is 2.45. The standard InChI is InChI=1S/C47H94NO12P/c1-3-5-7-9-11-13-15-17-18-19-20-21-23-24-26-28-30-32-34-38(49)36-41(51)48-39(40(50)35-33-31-29-27-25-22-16-14-12-10-8-6-4-2)37-59-61(57,58)60-47-45(55)43(53)42(52)44(54)46(47)56/h38-40,42-47,49-50,52-56H,3-37H2,1-2H3,(H,48,51)(H,57,58). The van der Waals surface area contributed by atoms with Crippen molar-refractivity contribution >= 4 is 13.7 Å². The van der Waals surface area contributed by atoms with E-state index in [-0.39, 0.29) is 12.8 Å². The van der Waals surface area contributed by atoms with Gasteiger partial charge in [-0.2, -0.15) is 0 Å². The van der Waals surface area contributed by atoms with Crippen LogP contribution in [0.25, 0.3) is 0 Å². The highest BCUT2D eigenvalue weighted by Crippen LogP contribution is 2.47. The largest absolute Gasteiger partial charge is 0.472 e. The summed E-state index contributed by atoms with van der Waals surface area (Å²) in [5, 5.41) is 74.7. The summed E-state index contributed by atoms with van der Waals surface area (Å²) < 4.78 is 22.9. The number of hydrogen-bond acceptors (Lipinski definition) is 11. The normalized spacial score (nSPS) is 23.1. The smallest absolute Gasteiger partial charge is 0.393 e. The zero-order chi connectivity index (χ0) is 45.1. The third-order valence-corrected chi connectivity index (χ3v) is 13.5. The summed E-state index contributed by atoms with van der Waals surface area (Å²) in [5.41, 5.74) is 0. The van der Waals surface area contributed by atoms with Crippen LogP contribution in [-0.4, -0.2) is 108 Å². The lowest BCUT2D eigenvalue weighted by molar-refractivity contribution is -0.220. The maximum absolute atomic E-state index is 13.0. The molecular formula is C47H94NO12P. The van der Waals surface area contributed by atoms with Gasteiger partial charge in [0, 0.05) is 0 Å². The Kier molecular flexibility index (Phi) is 35.9. The maximum Gasteiger partial charge on any atom is 0.472 e. The van der Waals surface area contributed by atoms with Gasteiger partial charge in [0.05, 0.1) is 31.3 Å². The van der Waals surface area contributed by atoms with Crippen molar-refractivity contribution in [1.29, 1.82) is 0 Å². The van der Waals surface area contributed by atoms with E-state index in [0.29, 0.717) is 12.8 Å². The molecule has 0 aromatic heterocycles. The Morgan fingerprint density at radius 3 is 1.18 bits per heavy atom. The van der Waals surface area contributed by atoms with Gasteiger partial charge in [-0.15, -0.1) is 0 Å². The topological polar surface area (TPSA) is 226 Å². The SMILES string of the molecule is CCCCCCCCCCCCCCCCCCCCC(O)CC(=O)NC(COP(=O)(O)OC1C(O)C(O)C(O)C(O)C1O)C(O)CCCCCCCCCCCCCCC. The minimum absolute atomic E-state index is 0.216. The molecule has 1 aliphatic rings. The van der Waals surface area contributed by atoms with Gasteiger partial charge >= 0.3 is 7.82 Å². The molecule has 1 amide bonds. The lowest BCUT2D eigenvalue weighted by atomic mass is 9.85. The van der Waals surface area contributed by atoms with E-state index in [1.807, 2.05) is 0 Å². The van der Waals surface area contributed by atoms with Gasteiger partial charge in [-0.05, 0) is 12.8 Å². The summed E-state index contributed by atoms with van der Waals surface area (Å²) in [6.07, 6.45) is 24.3. The van der Waals surface area contributed by atoms with E-state index in [2.05, 4.69) is 19.2 Å². The molecule has 1 saturated carbocycles. The Bertz CT molecular complexity index is 1060. The first kappa shape index (κ1) is 58.3. The monoisotopic (exact) mass is 896 g/mol. The summed E-state index contributed by atoms with van der Waals surface area (Å²) in [7, 11) is -5.11. The van der Waals surface area contributed by atoms with Crippen LogP contribution in [0, 0.1) is 0 Å². The molecule has 0 aromatic carbocycles. The number of hydrogen-bond donors (Lipinski definition) is 9. The van der Waals surface area contributed by atoms with Gasteiger partial charge in [0.2, 0.25) is 5.91 Å². The van der Waals surface area contributed by atoms with Gasteiger partial charge < -0.3 is 46.0 Å². The van der Waals surface area contributed by atoms with E-state index >= 15 is 0 Å². The number of phosphoric ester groups is 1. The van der Waals surface area contributed by atoms with Gasteiger partial charge in [-0.1, -0.05) is 213 Å². The molecule has 0 spiro atoms. The van der Waals surface area contributed by atoms with Crippen LogP contribution in [-0.2, 0) is 18.4 Å². The van der Waals surface area contributed by atoms with Crippen molar-refractivity contribution in [3.8, 4) is 0 Å². The average molecular weight is 896 g/mol. The minimum Gasteiger partial charge on any atom is -0.393 e. The zero-order valence-corrected chi connectivity index (χ0v) is 39.5. The number of rotatable bonds is 42. The molecule has 364 valence electrons. The van der Waals surface area contributed by atoms with Gasteiger partial charge in [0.25, 0.3) is 0 Å². The molecule has 61 heavy (non-hydrogen) atoms. The molecule has 9 N–H and O–H groups in total. The summed E-state index contributed by atoms with van der Waals surface area (Å²) in [6, 6.07) is -1.15. The second-order valence-electron chi connectivity index (χ2n) is 18.2. The summed E-state index contributed by atoms with van der Waals surface area (Å²) >= 11 is 0. The first-order chi connectivity index (χ1) is 29.3. The maximum atomic E-state index is 13.0. The van der Waals surface area contributed by atoms with Crippen LogP contribution in [0.5, 0.6) is 0 Å². The number of carbonyl (C=O) groups excluding carboxylic acids is 1. The van der Waals surface area contributed by atoms with Crippen molar-refractivity contribution in [3.63, 3.8) is 0 Å². The number of unbranched alkanes of at least 4 members (excludes halogenated alkanes) is 29. The third-order valence-electron chi connectivity index (χ3n) is 12.5. The highest BCUT2D eigenvalue weighted by Gasteiger charge is 2.51. The van der Waals surface area contributed by atoms with Crippen LogP contribution in [0.4, 0.5) is 0 Å². The fourth-order valence-corrected chi connectivity index (χ4v) is 9.33. The Labute approximate surface area is 370 Å². The highest BCUT2D eigenvalue weighted by atomic mass is 31.2. The van der Waals surface area contributed by atoms with Crippen LogP contribution < -0.4 is 5.32 Å². The molecule has 0 aromatic rings. The number of aliphatic hydroxyl groups is 7. The molecule has 8 unspecified atom stereocenters. The molecule has 0 radical (unpaired) electrons. The van der Waals surface area contributed by atoms with E-state index < -0.39 is 75.2 Å². The quantitative estimate of drug-likeness (QED) is 0.0207. The Morgan fingerprint density at radius 2 is 0.820 bits per heavy atom. The fraction of sp³-hybridized carbons (Fsp3) is 0.979. The predicted octanol–water partition coefficient (Wildman–Crippen LogP) is 8.82. The van der Waals surface area contributed by atoms with E-state index in [1.54, 1.807) is 0 Å². The number of carbonyl (C=O) groups is 1. The number of phosphoric acid groups is 1. The third kappa shape index (κ3) is 29.5. The van der Waals surface area contributed by atoms with Crippen molar-refractivity contribution in [3.05, 3.63) is 0 Å². The summed E-state index contributed by atoms with van der Waals surface area (Å²) in [4.78, 5) is 23.5. The van der Waals surface area contributed by atoms with Crippen molar-refractivity contribution in [2.24, 2.45) is 0 Å². The lowest BCUT2D eigenvalue weighted by Crippen LogP contribution is -2.64. The molecule has 0 aliphatic heterocycles. The molecule has 1 rings (SSSR count). The van der Waals surface area contributed by atoms with Crippen molar-refractivity contribution < 1.29 is 59.0 Å². The van der Waals surface area contributed by atoms with Crippen molar-refractivity contribution in [1.82, 2.24) is 5.32 Å². The Morgan fingerprint density at radius 1 is 0.508 bits per heavy atom. The average Bonchev–Trinajstić information content (AvgIpc) is 3.23. The molecule has 1 aliphatic carbocycles. The van der Waals surface area contributed by atoms with E-state index in [4.69, 9.17) is 9.05 Å². The van der Waals surface area contributed by atoms with E-state index in [9.17, 15) is 50.0 Å². The second kappa shape index (κ2) is 37.5. The van der Waals surface area contributed by atoms with Gasteiger partial charge in [0.15, 0.2) is 0 Å². The molecule has 0 heterocycles. The van der Waals surface area contributed by atoms with E-state index in [0.717, 1.165) is 51.4 Å². The molecule has 14 heteroatoms. The van der Waals surface area contributed by atoms with Crippen LogP contribution >= 0.6 is 7.82 Å². The van der Waals surface area contributed by atoms with Crippen LogP contribution in [0.15, 0.2) is 0 Å². The van der Waals surface area contributed by atoms with Crippen LogP contribution in [0.3, 0.4) is 0 Å². The zero-order valence-electron chi connectivity index (χ0n) is 38.6. The molecular weight excluding hydrogens is 801 g/mol. The molecule has 0 saturated heterocycles. The first-order valence-electron chi connectivity index (χ1n) is 25.1. The molecule has 1 fully saturated rings. The summed E-state index contributed by atoms with van der Waals surface area (Å²) in [6.45, 7) is 3.81. The number of amides is 1. The van der Waals surface area contributed by atoms with Crippen LogP contribution in [0.2, 0.25) is 0 Å². The first-order valence-corrected chi connectivity index (χ1v) is 26.6. The van der Waals surface area contributed by atoms with Crippen molar-refractivity contribution in [2.45, 2.75) is 287 Å².